The number of aliphatic carboxylic acids is 2. The van der Waals surface area contributed by atoms with Crippen molar-refractivity contribution in [2.24, 2.45) is 0 Å². The summed E-state index contributed by atoms with van der Waals surface area (Å²) in [4.78, 5) is 31.5. The molecular weight excluding hydrogens is 358 g/mol. The summed E-state index contributed by atoms with van der Waals surface area (Å²) in [7, 11) is 1.46. The van der Waals surface area contributed by atoms with Gasteiger partial charge in [-0.15, -0.1) is 0 Å². The highest BCUT2D eigenvalue weighted by Crippen LogP contribution is 2.26. The Balaban J connectivity index is 0.000000314. The molecule has 0 aliphatic carbocycles. The number of rotatable bonds is 6. The number of carbonyl (C=O) groups excluding carboxylic acids is 1. The number of esters is 1. The lowest BCUT2D eigenvalue weighted by molar-refractivity contribution is -0.165. The molecule has 0 spiro atoms. The van der Waals surface area contributed by atoms with Crippen LogP contribution in [-0.4, -0.2) is 70.2 Å². The summed E-state index contributed by atoms with van der Waals surface area (Å²) in [5.74, 6) is -3.86. The van der Waals surface area contributed by atoms with E-state index in [1.807, 2.05) is 30.3 Å². The number of carbonyl (C=O) groups is 3. The molecule has 0 aromatic heterocycles. The first-order valence-corrected chi connectivity index (χ1v) is 8.47. The molecule has 0 amide bonds. The zero-order valence-corrected chi connectivity index (χ0v) is 14.9. The molecule has 1 aromatic rings. The number of hydrogen-bond acceptors (Lipinski definition) is 7. The van der Waals surface area contributed by atoms with Gasteiger partial charge in [-0.1, -0.05) is 36.8 Å². The van der Waals surface area contributed by atoms with Gasteiger partial charge in [0, 0.05) is 6.04 Å². The minimum absolute atomic E-state index is 0.143. The Bertz CT molecular complexity index is 597. The lowest BCUT2D eigenvalue weighted by Crippen LogP contribution is -2.42. The summed E-state index contributed by atoms with van der Waals surface area (Å²) < 4.78 is 4.94. The van der Waals surface area contributed by atoms with Crippen LogP contribution in [0.3, 0.4) is 0 Å². The molecule has 1 heterocycles. The molecule has 9 heteroatoms. The highest BCUT2D eigenvalue weighted by molar-refractivity contribution is 5.83. The van der Waals surface area contributed by atoms with E-state index in [0.717, 1.165) is 18.5 Å². The number of piperidine rings is 1. The number of aliphatic hydroxyl groups is 2. The van der Waals surface area contributed by atoms with E-state index < -0.39 is 24.1 Å². The Kier molecular flexibility index (Phi) is 9.41. The standard InChI is InChI=1S/C14H19NO2.C4H6O6/c1-17-14(16)13(11-7-3-2-4-8-11)12-9-5-6-10-15-12;5-1(3(7)8)2(6)4(9)10/h2-4,7-8,12-13,15H,5-6,9-10H2,1H3;1-2,5-6H,(H,7,8)(H,9,10)/t12-,13+;/m0./s1. The quantitative estimate of drug-likeness (QED) is 0.426. The number of carboxylic acid groups (broad SMARTS) is 2. The third kappa shape index (κ3) is 6.97. The van der Waals surface area contributed by atoms with Gasteiger partial charge in [-0.05, 0) is 24.9 Å². The van der Waals surface area contributed by atoms with Crippen LogP contribution in [0.1, 0.15) is 30.7 Å². The molecule has 0 saturated carbocycles. The molecule has 1 aromatic carbocycles. The maximum Gasteiger partial charge on any atom is 0.335 e. The molecule has 150 valence electrons. The lowest BCUT2D eigenvalue weighted by atomic mass is 9.86. The second-order valence-electron chi connectivity index (χ2n) is 6.03. The van der Waals surface area contributed by atoms with Gasteiger partial charge in [0.15, 0.2) is 12.2 Å². The molecule has 2 unspecified atom stereocenters. The van der Waals surface area contributed by atoms with Crippen LogP contribution in [0, 0.1) is 0 Å². The van der Waals surface area contributed by atoms with E-state index in [1.165, 1.54) is 20.0 Å². The Morgan fingerprint density at radius 2 is 1.59 bits per heavy atom. The van der Waals surface area contributed by atoms with Crippen LogP contribution in [0.15, 0.2) is 30.3 Å². The highest BCUT2D eigenvalue weighted by atomic mass is 16.5. The van der Waals surface area contributed by atoms with Gasteiger partial charge in [-0.2, -0.15) is 0 Å². The van der Waals surface area contributed by atoms with Gasteiger partial charge in [-0.25, -0.2) is 9.59 Å². The topological polar surface area (TPSA) is 153 Å². The monoisotopic (exact) mass is 383 g/mol. The summed E-state index contributed by atoms with van der Waals surface area (Å²) in [5, 5.41) is 36.0. The van der Waals surface area contributed by atoms with Crippen LogP contribution in [0.25, 0.3) is 0 Å². The predicted octanol–water partition coefficient (Wildman–Crippen LogP) is -0.0373. The van der Waals surface area contributed by atoms with Gasteiger partial charge in [0.25, 0.3) is 0 Å². The Hall–Kier alpha value is -2.49. The normalized spacial score (nSPS) is 19.6. The van der Waals surface area contributed by atoms with Gasteiger partial charge in [0.1, 0.15) is 0 Å². The molecule has 9 nitrogen and oxygen atoms in total. The predicted molar refractivity (Wildman–Crippen MR) is 94.1 cm³/mol. The van der Waals surface area contributed by atoms with E-state index in [9.17, 15) is 14.4 Å². The first-order valence-electron chi connectivity index (χ1n) is 8.47. The van der Waals surface area contributed by atoms with E-state index in [-0.39, 0.29) is 17.9 Å². The van der Waals surface area contributed by atoms with Crippen LogP contribution in [-0.2, 0) is 19.1 Å². The van der Waals surface area contributed by atoms with Gasteiger partial charge in [0.2, 0.25) is 0 Å². The van der Waals surface area contributed by atoms with Crippen molar-refractivity contribution in [3.05, 3.63) is 35.9 Å². The molecule has 1 fully saturated rings. The fourth-order valence-corrected chi connectivity index (χ4v) is 2.75. The summed E-state index contributed by atoms with van der Waals surface area (Å²) in [6, 6.07) is 10.1. The smallest absolute Gasteiger partial charge is 0.335 e. The molecule has 2 rings (SSSR count). The van der Waals surface area contributed by atoms with Crippen molar-refractivity contribution in [1.82, 2.24) is 5.32 Å². The fourth-order valence-electron chi connectivity index (χ4n) is 2.75. The molecule has 1 aliphatic rings. The van der Waals surface area contributed by atoms with Gasteiger partial charge >= 0.3 is 17.9 Å². The number of hydrogen-bond donors (Lipinski definition) is 5. The van der Waals surface area contributed by atoms with Crippen molar-refractivity contribution in [1.29, 1.82) is 0 Å². The van der Waals surface area contributed by atoms with E-state index >= 15 is 0 Å². The van der Waals surface area contributed by atoms with Gasteiger partial charge < -0.3 is 30.5 Å². The zero-order valence-electron chi connectivity index (χ0n) is 14.9. The average Bonchev–Trinajstić information content (AvgIpc) is 2.68. The van der Waals surface area contributed by atoms with Crippen molar-refractivity contribution in [2.45, 2.75) is 43.4 Å². The van der Waals surface area contributed by atoms with E-state index in [2.05, 4.69) is 5.32 Å². The van der Waals surface area contributed by atoms with Crippen molar-refractivity contribution in [3.63, 3.8) is 0 Å². The van der Waals surface area contributed by atoms with Crippen LogP contribution in [0.5, 0.6) is 0 Å². The molecular formula is C18H25NO8. The second kappa shape index (κ2) is 11.3. The van der Waals surface area contributed by atoms with Crippen molar-refractivity contribution < 1.29 is 39.5 Å². The molecule has 4 atom stereocenters. The van der Waals surface area contributed by atoms with Gasteiger partial charge in [-0.3, -0.25) is 4.79 Å². The average molecular weight is 383 g/mol. The number of benzene rings is 1. The zero-order chi connectivity index (χ0) is 20.4. The van der Waals surface area contributed by atoms with Crippen molar-refractivity contribution >= 4 is 17.9 Å². The first-order chi connectivity index (χ1) is 12.8. The van der Waals surface area contributed by atoms with E-state index in [1.54, 1.807) is 0 Å². The Morgan fingerprint density at radius 1 is 1.04 bits per heavy atom. The van der Waals surface area contributed by atoms with Crippen molar-refractivity contribution in [2.75, 3.05) is 13.7 Å². The maximum atomic E-state index is 11.9. The number of nitrogens with one attached hydrogen (secondary N) is 1. The molecule has 1 saturated heterocycles. The highest BCUT2D eigenvalue weighted by Gasteiger charge is 2.31. The van der Waals surface area contributed by atoms with Crippen molar-refractivity contribution in [3.8, 4) is 0 Å². The maximum absolute atomic E-state index is 11.9. The van der Waals surface area contributed by atoms with Crippen LogP contribution >= 0.6 is 0 Å². The third-order valence-corrected chi connectivity index (χ3v) is 4.17. The Labute approximate surface area is 156 Å². The molecule has 0 radical (unpaired) electrons. The summed E-state index contributed by atoms with van der Waals surface area (Å²) in [6.07, 6.45) is -1.12. The molecule has 5 N–H and O–H groups in total. The third-order valence-electron chi connectivity index (χ3n) is 4.17. The summed E-state index contributed by atoms with van der Waals surface area (Å²) >= 11 is 0. The molecule has 1 aliphatic heterocycles. The minimum atomic E-state index is -2.27. The van der Waals surface area contributed by atoms with E-state index in [0.29, 0.717) is 0 Å². The molecule has 0 bridgehead atoms. The lowest BCUT2D eigenvalue weighted by Gasteiger charge is -2.29. The van der Waals surface area contributed by atoms with Crippen LogP contribution in [0.4, 0.5) is 0 Å². The second-order valence-corrected chi connectivity index (χ2v) is 6.03. The fraction of sp³-hybridized carbons (Fsp3) is 0.500. The number of methoxy groups -OCH3 is 1. The van der Waals surface area contributed by atoms with Crippen LogP contribution in [0.2, 0.25) is 0 Å². The summed E-state index contributed by atoms with van der Waals surface area (Å²) in [5.41, 5.74) is 1.04. The summed E-state index contributed by atoms with van der Waals surface area (Å²) in [6.45, 7) is 0.991. The van der Waals surface area contributed by atoms with Gasteiger partial charge in [0.05, 0.1) is 13.0 Å². The Morgan fingerprint density at radius 3 is 2.00 bits per heavy atom. The number of ether oxygens (including phenoxy) is 1. The number of carboxylic acids is 2. The largest absolute Gasteiger partial charge is 0.479 e. The molecule has 27 heavy (non-hydrogen) atoms. The minimum Gasteiger partial charge on any atom is -0.479 e. The van der Waals surface area contributed by atoms with Crippen LogP contribution < -0.4 is 5.32 Å². The van der Waals surface area contributed by atoms with E-state index in [4.69, 9.17) is 25.2 Å². The number of aliphatic hydroxyl groups excluding tert-OH is 2. The first kappa shape index (κ1) is 22.6. The SMILES string of the molecule is COC(=O)[C@H](c1ccccc1)[C@@H]1CCCCN1.O=C(O)C(O)C(O)C(=O)O.